The summed E-state index contributed by atoms with van der Waals surface area (Å²) >= 11 is 3.05. The van der Waals surface area contributed by atoms with Crippen molar-refractivity contribution in [2.24, 2.45) is 0 Å². The van der Waals surface area contributed by atoms with Crippen molar-refractivity contribution in [2.75, 3.05) is 6.61 Å². The summed E-state index contributed by atoms with van der Waals surface area (Å²) in [7, 11) is 0. The maximum absolute atomic E-state index is 12.1. The van der Waals surface area contributed by atoms with Gasteiger partial charge in [-0.1, -0.05) is 0 Å². The van der Waals surface area contributed by atoms with Crippen LogP contribution in [0, 0.1) is 33.3 Å². The van der Waals surface area contributed by atoms with Gasteiger partial charge in [0.15, 0.2) is 0 Å². The van der Waals surface area contributed by atoms with Gasteiger partial charge in [-0.05, 0) is 0 Å². The van der Waals surface area contributed by atoms with Crippen LogP contribution in [-0.2, 0) is 53.4 Å². The Morgan fingerprint density at radius 3 is 1.85 bits per heavy atom. The number of benzene rings is 1. The molecule has 0 N–H and O–H groups in total. The molecule has 0 bridgehead atoms. The zero-order valence-electron chi connectivity index (χ0n) is 19.0. The molecule has 0 aromatic heterocycles. The van der Waals surface area contributed by atoms with Crippen LogP contribution < -0.4 is 0 Å². The first kappa shape index (κ1) is 38.0. The molecule has 2 rings (SSSR count). The van der Waals surface area contributed by atoms with E-state index in [9.17, 15) is 4.79 Å². The monoisotopic (exact) mass is 495 g/mol. The van der Waals surface area contributed by atoms with Crippen LogP contribution in [-0.4, -0.2) is 33.3 Å². The van der Waals surface area contributed by atoms with Crippen molar-refractivity contribution in [2.45, 2.75) is 58.4 Å². The molecular weight excluding hydrogens is 470 g/mol. The van der Waals surface area contributed by atoms with Crippen LogP contribution in [0.15, 0.2) is 30.3 Å². The third-order valence-electron chi connectivity index (χ3n) is 3.65. The van der Waals surface area contributed by atoms with Gasteiger partial charge in [0, 0.05) is 0 Å². The molecule has 1 aromatic carbocycles. The second-order valence-electron chi connectivity index (χ2n) is 7.21. The SMILES string of the molecule is CC(C)(C)OC(=O)C[C](=[Cr])N1[C@@H](c2ccccc2)COC1(C)C.[C-]#[O+].[C-]#[O+].[C-]#[O+].[C-]#[O+].[C-]#[O+]. The van der Waals surface area contributed by atoms with Crippen molar-refractivity contribution in [3.63, 3.8) is 0 Å². The summed E-state index contributed by atoms with van der Waals surface area (Å²) in [5.74, 6) is -0.235. The summed E-state index contributed by atoms with van der Waals surface area (Å²) in [4.78, 5) is 14.3. The normalized spacial score (nSPS) is 15.1. The maximum atomic E-state index is 12.1. The summed E-state index contributed by atoms with van der Waals surface area (Å²) in [5, 5.41) is 0. The van der Waals surface area contributed by atoms with Crippen LogP contribution in [0.1, 0.15) is 52.6 Å². The van der Waals surface area contributed by atoms with Crippen LogP contribution in [0.3, 0.4) is 0 Å². The third-order valence-corrected chi connectivity index (χ3v) is 4.19. The number of nitrogens with zero attached hydrogens (tertiary/aromatic N) is 1. The fraction of sp³-hybridized carbons (Fsp3) is 0.435. The number of esters is 1. The zero-order valence-corrected chi connectivity index (χ0v) is 20.3. The molecular formula is C23H25CrNO8. The molecule has 33 heavy (non-hydrogen) atoms. The van der Waals surface area contributed by atoms with E-state index < -0.39 is 11.3 Å². The predicted octanol–water partition coefficient (Wildman–Crippen LogP) is 3.02. The van der Waals surface area contributed by atoms with Crippen molar-refractivity contribution in [1.29, 1.82) is 0 Å². The van der Waals surface area contributed by atoms with Crippen LogP contribution in [0.2, 0.25) is 0 Å². The van der Waals surface area contributed by atoms with Crippen LogP contribution in [0.25, 0.3) is 0 Å². The summed E-state index contributed by atoms with van der Waals surface area (Å²) < 4.78 is 49.7. The van der Waals surface area contributed by atoms with Gasteiger partial charge in [0.25, 0.3) is 0 Å². The quantitative estimate of drug-likeness (QED) is 0.360. The van der Waals surface area contributed by atoms with Gasteiger partial charge in [-0.25, -0.2) is 0 Å². The zero-order chi connectivity index (χ0) is 27.3. The second kappa shape index (κ2) is 21.6. The summed E-state index contributed by atoms with van der Waals surface area (Å²) in [6, 6.07) is 10.3. The third kappa shape index (κ3) is 15.2. The molecule has 0 amide bonds. The molecule has 176 valence electrons. The molecule has 10 heteroatoms. The van der Waals surface area contributed by atoms with E-state index in [1.807, 2.05) is 52.8 Å². The Bertz CT molecular complexity index is 754. The molecule has 1 aromatic rings. The first-order valence-electron chi connectivity index (χ1n) is 8.85. The van der Waals surface area contributed by atoms with Gasteiger partial charge in [-0.15, -0.1) is 0 Å². The van der Waals surface area contributed by atoms with Crippen molar-refractivity contribution in [3.8, 4) is 0 Å². The molecule has 0 saturated carbocycles. The Balaban J connectivity index is -0.000000371. The topological polar surface area (TPSA) is 138 Å². The molecule has 1 aliphatic heterocycles. The number of carbonyl (C=O) groups excluding carboxylic acids is 1. The molecule has 9 nitrogen and oxygen atoms in total. The molecule has 1 aliphatic rings. The second-order valence-corrected chi connectivity index (χ2v) is 7.95. The van der Waals surface area contributed by atoms with Crippen molar-refractivity contribution in [3.05, 3.63) is 69.1 Å². The first-order chi connectivity index (χ1) is 15.6. The van der Waals surface area contributed by atoms with Gasteiger partial charge in [0.1, 0.15) is 0 Å². The van der Waals surface area contributed by atoms with Gasteiger partial charge in [0.2, 0.25) is 0 Å². The number of carbonyl (C=O) groups is 1. The fourth-order valence-electron chi connectivity index (χ4n) is 2.78. The molecule has 0 spiro atoms. The van der Waals surface area contributed by atoms with Gasteiger partial charge >= 0.3 is 203 Å². The van der Waals surface area contributed by atoms with Crippen molar-refractivity contribution < 1.29 is 53.4 Å². The van der Waals surface area contributed by atoms with E-state index in [1.165, 1.54) is 5.56 Å². The molecule has 0 unspecified atom stereocenters. The molecule has 0 radical (unpaired) electrons. The van der Waals surface area contributed by atoms with Gasteiger partial charge in [0.05, 0.1) is 0 Å². The van der Waals surface area contributed by atoms with Crippen LogP contribution in [0.4, 0.5) is 0 Å². The van der Waals surface area contributed by atoms with E-state index >= 15 is 0 Å². The van der Waals surface area contributed by atoms with E-state index in [1.54, 1.807) is 0 Å². The number of hydrogen-bond donors (Lipinski definition) is 0. The number of rotatable bonds is 4. The van der Waals surface area contributed by atoms with Gasteiger partial charge in [-0.3, -0.25) is 0 Å². The molecule has 1 fully saturated rings. The molecule has 1 atom stereocenters. The Morgan fingerprint density at radius 2 is 1.45 bits per heavy atom. The van der Waals surface area contributed by atoms with Gasteiger partial charge < -0.3 is 0 Å². The van der Waals surface area contributed by atoms with Crippen LogP contribution in [0.5, 0.6) is 0 Å². The standard InChI is InChI=1S/C18H25NO3.5CO.Cr/c1-17(2,3)22-16(20)11-12-19-15(13-21-18(19,4)5)14-9-7-6-8-10-14;5*1-2;/h6-10,15H,11,13H2,1-5H3;;;;;;/t15-;;;;;;/m1....../s1. The van der Waals surface area contributed by atoms with E-state index in [2.05, 4.69) is 66.1 Å². The number of hydrogen-bond acceptors (Lipinski definition) is 4. The Hall–Kier alpha value is -2.29. The fourth-order valence-corrected chi connectivity index (χ4v) is 3.51. The minimum atomic E-state index is -0.479. The average Bonchev–Trinajstić information content (AvgIpc) is 3.15. The van der Waals surface area contributed by atoms with Crippen molar-refractivity contribution >= 4 is 10.5 Å². The molecule has 1 saturated heterocycles. The van der Waals surface area contributed by atoms with Gasteiger partial charge in [-0.2, -0.15) is 0 Å². The summed E-state index contributed by atoms with van der Waals surface area (Å²) in [6.45, 7) is 32.8. The Labute approximate surface area is 203 Å². The average molecular weight is 495 g/mol. The summed E-state index contributed by atoms with van der Waals surface area (Å²) in [5.41, 5.74) is 0.228. The van der Waals surface area contributed by atoms with E-state index in [4.69, 9.17) is 32.7 Å². The summed E-state index contributed by atoms with van der Waals surface area (Å²) in [6.07, 6.45) is 0.216. The molecule has 0 aliphatic carbocycles. The minimum absolute atomic E-state index is 0.0879. The Morgan fingerprint density at radius 1 is 1.03 bits per heavy atom. The molecule has 1 heterocycles. The van der Waals surface area contributed by atoms with Crippen molar-refractivity contribution in [1.82, 2.24) is 4.90 Å². The number of ether oxygens (including phenoxy) is 2. The van der Waals surface area contributed by atoms with Crippen LogP contribution >= 0.6 is 0 Å². The van der Waals surface area contributed by atoms with E-state index in [-0.39, 0.29) is 18.4 Å². The Kier molecular flexibility index (Phi) is 24.8. The van der Waals surface area contributed by atoms with E-state index in [0.717, 1.165) is 4.50 Å². The van der Waals surface area contributed by atoms with E-state index in [0.29, 0.717) is 6.61 Å². The first-order valence-corrected chi connectivity index (χ1v) is 9.49. The predicted molar refractivity (Wildman–Crippen MR) is 106 cm³/mol.